The van der Waals surface area contributed by atoms with Gasteiger partial charge in [-0.15, -0.1) is 0 Å². The first-order chi connectivity index (χ1) is 5.11. The number of aromatic nitrogens is 2. The second kappa shape index (κ2) is 2.74. The molecule has 0 radical (unpaired) electrons. The van der Waals surface area contributed by atoms with Crippen molar-refractivity contribution in [3.8, 4) is 0 Å². The molecule has 0 unspecified atom stereocenters. The standard InChI is InChI=1S/C7H11N3O/c1-4(2)6-5(8)3-9-7(11)10-6/h3-4H,8H2,1-2H3,(H,9,10,11). The van der Waals surface area contributed by atoms with Crippen LogP contribution in [0.3, 0.4) is 0 Å². The average Bonchev–Trinajstić information content (AvgIpc) is 1.94. The Kier molecular flexibility index (Phi) is 1.94. The van der Waals surface area contributed by atoms with E-state index in [-0.39, 0.29) is 11.6 Å². The molecule has 0 atom stereocenters. The van der Waals surface area contributed by atoms with E-state index in [0.717, 1.165) is 5.69 Å². The predicted octanol–water partition coefficient (Wildman–Crippen LogP) is 0.475. The number of rotatable bonds is 1. The number of anilines is 1. The molecule has 1 heterocycles. The fraction of sp³-hybridized carbons (Fsp3) is 0.429. The van der Waals surface area contributed by atoms with E-state index in [2.05, 4.69) is 9.97 Å². The summed E-state index contributed by atoms with van der Waals surface area (Å²) in [5, 5.41) is 0. The van der Waals surface area contributed by atoms with Gasteiger partial charge in [0.15, 0.2) is 0 Å². The van der Waals surface area contributed by atoms with Gasteiger partial charge in [0, 0.05) is 5.69 Å². The van der Waals surface area contributed by atoms with Gasteiger partial charge in [0.05, 0.1) is 11.9 Å². The van der Waals surface area contributed by atoms with Crippen LogP contribution in [-0.4, -0.2) is 9.97 Å². The maximum absolute atomic E-state index is 10.7. The molecule has 0 fully saturated rings. The van der Waals surface area contributed by atoms with Crippen molar-refractivity contribution in [2.24, 2.45) is 0 Å². The third-order valence-electron chi connectivity index (χ3n) is 1.45. The summed E-state index contributed by atoms with van der Waals surface area (Å²) in [6.07, 6.45) is 1.38. The highest BCUT2D eigenvalue weighted by molar-refractivity contribution is 5.40. The molecule has 60 valence electrons. The van der Waals surface area contributed by atoms with Crippen LogP contribution in [0.25, 0.3) is 0 Å². The van der Waals surface area contributed by atoms with Crippen LogP contribution in [0.4, 0.5) is 5.69 Å². The van der Waals surface area contributed by atoms with Crippen molar-refractivity contribution in [2.45, 2.75) is 19.8 Å². The molecule has 0 aromatic carbocycles. The third-order valence-corrected chi connectivity index (χ3v) is 1.45. The van der Waals surface area contributed by atoms with Gasteiger partial charge < -0.3 is 10.7 Å². The van der Waals surface area contributed by atoms with Gasteiger partial charge in [-0.2, -0.15) is 4.98 Å². The summed E-state index contributed by atoms with van der Waals surface area (Å²) < 4.78 is 0. The lowest BCUT2D eigenvalue weighted by molar-refractivity contribution is 0.807. The third kappa shape index (κ3) is 1.58. The monoisotopic (exact) mass is 153 g/mol. The Morgan fingerprint density at radius 2 is 2.27 bits per heavy atom. The maximum Gasteiger partial charge on any atom is 0.345 e. The van der Waals surface area contributed by atoms with Gasteiger partial charge in [-0.25, -0.2) is 4.79 Å². The van der Waals surface area contributed by atoms with Gasteiger partial charge in [0.1, 0.15) is 0 Å². The second-order valence-corrected chi connectivity index (χ2v) is 2.71. The smallest absolute Gasteiger partial charge is 0.345 e. The van der Waals surface area contributed by atoms with Crippen LogP contribution in [0.1, 0.15) is 25.5 Å². The fourth-order valence-electron chi connectivity index (χ4n) is 0.895. The molecule has 0 aliphatic heterocycles. The van der Waals surface area contributed by atoms with Crippen molar-refractivity contribution in [2.75, 3.05) is 5.73 Å². The molecule has 0 saturated carbocycles. The Morgan fingerprint density at radius 1 is 1.64 bits per heavy atom. The molecule has 1 aromatic rings. The van der Waals surface area contributed by atoms with Crippen LogP contribution in [0.5, 0.6) is 0 Å². The predicted molar refractivity (Wildman–Crippen MR) is 43.4 cm³/mol. The van der Waals surface area contributed by atoms with Crippen LogP contribution in [0, 0.1) is 0 Å². The highest BCUT2D eigenvalue weighted by Gasteiger charge is 2.04. The molecule has 0 amide bonds. The Morgan fingerprint density at radius 3 is 2.73 bits per heavy atom. The van der Waals surface area contributed by atoms with Crippen molar-refractivity contribution in [1.82, 2.24) is 9.97 Å². The second-order valence-electron chi connectivity index (χ2n) is 2.71. The normalized spacial score (nSPS) is 10.5. The molecule has 1 aromatic heterocycles. The SMILES string of the molecule is CC(C)c1[nH]c(=O)ncc1N. The quantitative estimate of drug-likeness (QED) is 0.616. The fourth-order valence-corrected chi connectivity index (χ4v) is 0.895. The highest BCUT2D eigenvalue weighted by Crippen LogP contribution is 2.15. The molecule has 0 aliphatic rings. The molecular formula is C7H11N3O. The summed E-state index contributed by atoms with van der Waals surface area (Å²) in [6.45, 7) is 3.92. The molecule has 0 aliphatic carbocycles. The lowest BCUT2D eigenvalue weighted by Gasteiger charge is -2.06. The number of hydrogen-bond donors (Lipinski definition) is 2. The molecule has 1 rings (SSSR count). The summed E-state index contributed by atoms with van der Waals surface area (Å²) in [7, 11) is 0. The van der Waals surface area contributed by atoms with Gasteiger partial charge in [-0.1, -0.05) is 13.8 Å². The lowest BCUT2D eigenvalue weighted by atomic mass is 10.1. The van der Waals surface area contributed by atoms with Gasteiger partial charge >= 0.3 is 5.69 Å². The van der Waals surface area contributed by atoms with Crippen LogP contribution in [-0.2, 0) is 0 Å². The van der Waals surface area contributed by atoms with Crippen LogP contribution >= 0.6 is 0 Å². The first-order valence-electron chi connectivity index (χ1n) is 3.46. The van der Waals surface area contributed by atoms with E-state index >= 15 is 0 Å². The van der Waals surface area contributed by atoms with Gasteiger partial charge in [0.2, 0.25) is 0 Å². The van der Waals surface area contributed by atoms with Crippen molar-refractivity contribution < 1.29 is 0 Å². The van der Waals surface area contributed by atoms with E-state index in [9.17, 15) is 4.79 Å². The van der Waals surface area contributed by atoms with Gasteiger partial charge in [-0.3, -0.25) is 0 Å². The minimum atomic E-state index is -0.345. The summed E-state index contributed by atoms with van der Waals surface area (Å²) in [4.78, 5) is 16.8. The maximum atomic E-state index is 10.7. The summed E-state index contributed by atoms with van der Waals surface area (Å²) in [6, 6.07) is 0. The number of nitrogens with zero attached hydrogens (tertiary/aromatic N) is 1. The Bertz CT molecular complexity index is 303. The minimum absolute atomic E-state index is 0.227. The number of nitrogen functional groups attached to an aromatic ring is 1. The molecule has 3 N–H and O–H groups in total. The molecular weight excluding hydrogens is 142 g/mol. The zero-order chi connectivity index (χ0) is 8.43. The van der Waals surface area contributed by atoms with Gasteiger partial charge in [-0.05, 0) is 5.92 Å². The molecule has 4 heteroatoms. The minimum Gasteiger partial charge on any atom is -0.396 e. The van der Waals surface area contributed by atoms with E-state index in [0.29, 0.717) is 5.69 Å². The van der Waals surface area contributed by atoms with Crippen molar-refractivity contribution >= 4 is 5.69 Å². The summed E-state index contributed by atoms with van der Waals surface area (Å²) in [5.74, 6) is 0.227. The Labute approximate surface area is 64.5 Å². The highest BCUT2D eigenvalue weighted by atomic mass is 16.1. The molecule has 11 heavy (non-hydrogen) atoms. The van der Waals surface area contributed by atoms with Crippen LogP contribution in [0.2, 0.25) is 0 Å². The van der Waals surface area contributed by atoms with Crippen molar-refractivity contribution in [3.05, 3.63) is 22.4 Å². The average molecular weight is 153 g/mol. The Hall–Kier alpha value is -1.32. The molecule has 4 nitrogen and oxygen atoms in total. The summed E-state index contributed by atoms with van der Waals surface area (Å²) in [5.41, 5.74) is 6.51. The summed E-state index contributed by atoms with van der Waals surface area (Å²) >= 11 is 0. The first kappa shape index (κ1) is 7.78. The van der Waals surface area contributed by atoms with Crippen molar-refractivity contribution in [3.63, 3.8) is 0 Å². The van der Waals surface area contributed by atoms with E-state index in [4.69, 9.17) is 5.73 Å². The topological polar surface area (TPSA) is 71.8 Å². The molecule has 0 bridgehead atoms. The number of H-pyrrole nitrogens is 1. The lowest BCUT2D eigenvalue weighted by Crippen LogP contribution is -2.14. The van der Waals surface area contributed by atoms with Gasteiger partial charge in [0.25, 0.3) is 0 Å². The molecule has 0 spiro atoms. The van der Waals surface area contributed by atoms with Crippen LogP contribution in [0.15, 0.2) is 11.0 Å². The number of nitrogens with two attached hydrogens (primary N) is 1. The zero-order valence-corrected chi connectivity index (χ0v) is 6.59. The number of nitrogens with one attached hydrogen (secondary N) is 1. The van der Waals surface area contributed by atoms with E-state index in [1.54, 1.807) is 0 Å². The Balaban J connectivity index is 3.23. The zero-order valence-electron chi connectivity index (χ0n) is 6.59. The number of aromatic amines is 1. The van der Waals surface area contributed by atoms with E-state index in [1.807, 2.05) is 13.8 Å². The number of hydrogen-bond acceptors (Lipinski definition) is 3. The molecule has 0 saturated heterocycles. The first-order valence-corrected chi connectivity index (χ1v) is 3.46. The van der Waals surface area contributed by atoms with Crippen molar-refractivity contribution in [1.29, 1.82) is 0 Å². The van der Waals surface area contributed by atoms with E-state index in [1.165, 1.54) is 6.20 Å². The van der Waals surface area contributed by atoms with Crippen LogP contribution < -0.4 is 11.4 Å². The van der Waals surface area contributed by atoms with E-state index < -0.39 is 0 Å². The largest absolute Gasteiger partial charge is 0.396 e.